The molecule has 0 spiro atoms. The van der Waals surface area contributed by atoms with Crippen LogP contribution in [0.2, 0.25) is 0 Å². The van der Waals surface area contributed by atoms with Gasteiger partial charge in [-0.3, -0.25) is 4.79 Å². The van der Waals surface area contributed by atoms with Gasteiger partial charge in [0.2, 0.25) is 0 Å². The highest BCUT2D eigenvalue weighted by molar-refractivity contribution is 9.10. The lowest BCUT2D eigenvalue weighted by Crippen LogP contribution is -2.20. The fourth-order valence-electron chi connectivity index (χ4n) is 2.22. The van der Waals surface area contributed by atoms with E-state index in [4.69, 9.17) is 9.47 Å². The number of hydrogen-bond donors (Lipinski definition) is 1. The first kappa shape index (κ1) is 19.3. The number of carbonyl (C=O) groups is 1. The maximum atomic E-state index is 12.1. The molecule has 2 aromatic rings. The summed E-state index contributed by atoms with van der Waals surface area (Å²) in [6.45, 7) is 8.15. The molecule has 1 N–H and O–H groups in total. The zero-order valence-corrected chi connectivity index (χ0v) is 16.6. The van der Waals surface area contributed by atoms with Crippen molar-refractivity contribution in [3.63, 3.8) is 0 Å². The van der Waals surface area contributed by atoms with Gasteiger partial charge < -0.3 is 14.8 Å². The van der Waals surface area contributed by atoms with Crippen LogP contribution >= 0.6 is 15.9 Å². The van der Waals surface area contributed by atoms with Crippen molar-refractivity contribution in [1.29, 1.82) is 0 Å². The van der Waals surface area contributed by atoms with Crippen LogP contribution < -0.4 is 14.8 Å². The van der Waals surface area contributed by atoms with Crippen LogP contribution in [0.3, 0.4) is 0 Å². The van der Waals surface area contributed by atoms with E-state index in [9.17, 15) is 4.79 Å². The standard InChI is InChI=1S/C20H24BrNO3/c1-13(2)15-5-10-19(18(21)11-15)24-12-20(23)22-16-6-8-17(9-7-16)25-14(3)4/h5-11,13-14H,12H2,1-4H3,(H,22,23). The second kappa shape index (κ2) is 8.90. The van der Waals surface area contributed by atoms with Crippen molar-refractivity contribution in [2.24, 2.45) is 0 Å². The molecule has 0 aliphatic heterocycles. The molecule has 134 valence electrons. The first-order chi connectivity index (χ1) is 11.8. The third-order valence-corrected chi connectivity index (χ3v) is 4.11. The van der Waals surface area contributed by atoms with Crippen LogP contribution in [-0.4, -0.2) is 18.6 Å². The second-order valence-electron chi connectivity index (χ2n) is 6.37. The van der Waals surface area contributed by atoms with Crippen molar-refractivity contribution >= 4 is 27.5 Å². The Hall–Kier alpha value is -2.01. The van der Waals surface area contributed by atoms with Gasteiger partial charge in [-0.05, 0) is 77.7 Å². The van der Waals surface area contributed by atoms with Crippen molar-refractivity contribution in [2.75, 3.05) is 11.9 Å². The average Bonchev–Trinajstić information content (AvgIpc) is 2.55. The fourth-order valence-corrected chi connectivity index (χ4v) is 2.73. The van der Waals surface area contributed by atoms with Gasteiger partial charge in [-0.2, -0.15) is 0 Å². The van der Waals surface area contributed by atoms with Crippen LogP contribution in [-0.2, 0) is 4.79 Å². The van der Waals surface area contributed by atoms with Gasteiger partial charge in [-0.25, -0.2) is 0 Å². The Morgan fingerprint density at radius 3 is 2.32 bits per heavy atom. The molecule has 5 heteroatoms. The average molecular weight is 406 g/mol. The molecule has 0 aliphatic carbocycles. The first-order valence-corrected chi connectivity index (χ1v) is 9.13. The maximum Gasteiger partial charge on any atom is 0.262 e. The molecule has 2 rings (SSSR count). The van der Waals surface area contributed by atoms with Gasteiger partial charge in [0.05, 0.1) is 10.6 Å². The Labute approximate surface area is 157 Å². The lowest BCUT2D eigenvalue weighted by Gasteiger charge is -2.12. The number of carbonyl (C=O) groups excluding carboxylic acids is 1. The zero-order chi connectivity index (χ0) is 18.4. The molecule has 0 saturated carbocycles. The number of rotatable bonds is 7. The minimum absolute atomic E-state index is 0.0517. The van der Waals surface area contributed by atoms with Crippen molar-refractivity contribution in [3.05, 3.63) is 52.5 Å². The first-order valence-electron chi connectivity index (χ1n) is 8.34. The molecule has 0 unspecified atom stereocenters. The Kier molecular flexibility index (Phi) is 6.88. The molecule has 0 aliphatic rings. The van der Waals surface area contributed by atoms with Gasteiger partial charge in [0.15, 0.2) is 6.61 Å². The third kappa shape index (κ3) is 6.09. The van der Waals surface area contributed by atoms with E-state index >= 15 is 0 Å². The number of ether oxygens (including phenoxy) is 2. The molecule has 0 radical (unpaired) electrons. The quantitative estimate of drug-likeness (QED) is 0.672. The molecule has 1 amide bonds. The number of benzene rings is 2. The molecular formula is C20H24BrNO3. The van der Waals surface area contributed by atoms with Gasteiger partial charge in [0.25, 0.3) is 5.91 Å². The SMILES string of the molecule is CC(C)Oc1ccc(NC(=O)COc2ccc(C(C)C)cc2Br)cc1. The topological polar surface area (TPSA) is 47.6 Å². The Morgan fingerprint density at radius 2 is 1.76 bits per heavy atom. The summed E-state index contributed by atoms with van der Waals surface area (Å²) in [6.07, 6.45) is 0.120. The van der Waals surface area contributed by atoms with Crippen LogP contribution in [0.25, 0.3) is 0 Å². The number of amides is 1. The number of halogens is 1. The van der Waals surface area contributed by atoms with E-state index < -0.39 is 0 Å². The van der Waals surface area contributed by atoms with Gasteiger partial charge >= 0.3 is 0 Å². The van der Waals surface area contributed by atoms with Gasteiger partial charge in [-0.15, -0.1) is 0 Å². The third-order valence-electron chi connectivity index (χ3n) is 3.49. The van der Waals surface area contributed by atoms with Crippen molar-refractivity contribution in [2.45, 2.75) is 39.7 Å². The summed E-state index contributed by atoms with van der Waals surface area (Å²) < 4.78 is 12.0. The second-order valence-corrected chi connectivity index (χ2v) is 7.23. The van der Waals surface area contributed by atoms with Gasteiger partial charge in [-0.1, -0.05) is 19.9 Å². The van der Waals surface area contributed by atoms with Crippen LogP contribution in [0.1, 0.15) is 39.2 Å². The molecule has 2 aromatic carbocycles. The van der Waals surface area contributed by atoms with Crippen molar-refractivity contribution in [1.82, 2.24) is 0 Å². The normalized spacial score (nSPS) is 10.8. The minimum atomic E-state index is -0.211. The number of hydrogen-bond acceptors (Lipinski definition) is 3. The van der Waals surface area contributed by atoms with E-state index in [1.807, 2.05) is 56.3 Å². The lowest BCUT2D eigenvalue weighted by molar-refractivity contribution is -0.118. The Bertz CT molecular complexity index is 711. The van der Waals surface area contributed by atoms with Crippen molar-refractivity contribution in [3.8, 4) is 11.5 Å². The largest absolute Gasteiger partial charge is 0.491 e. The van der Waals surface area contributed by atoms with Gasteiger partial charge in [0.1, 0.15) is 11.5 Å². The van der Waals surface area contributed by atoms with Crippen LogP contribution in [0, 0.1) is 0 Å². The molecule has 0 heterocycles. The van der Waals surface area contributed by atoms with E-state index in [-0.39, 0.29) is 18.6 Å². The summed E-state index contributed by atoms with van der Waals surface area (Å²) in [6, 6.07) is 13.2. The summed E-state index contributed by atoms with van der Waals surface area (Å²) in [5.41, 5.74) is 1.92. The van der Waals surface area contributed by atoms with Crippen molar-refractivity contribution < 1.29 is 14.3 Å². The summed E-state index contributed by atoms with van der Waals surface area (Å²) in [5.74, 6) is 1.66. The summed E-state index contributed by atoms with van der Waals surface area (Å²) in [4.78, 5) is 12.1. The monoisotopic (exact) mass is 405 g/mol. The molecule has 0 bridgehead atoms. The van der Waals surface area contributed by atoms with Crippen LogP contribution in [0.15, 0.2) is 46.9 Å². The molecule has 0 aromatic heterocycles. The molecule has 4 nitrogen and oxygen atoms in total. The summed E-state index contributed by atoms with van der Waals surface area (Å²) in [5, 5.41) is 2.81. The molecule has 0 saturated heterocycles. The fraction of sp³-hybridized carbons (Fsp3) is 0.350. The zero-order valence-electron chi connectivity index (χ0n) is 15.0. The number of nitrogens with one attached hydrogen (secondary N) is 1. The minimum Gasteiger partial charge on any atom is -0.491 e. The van der Waals surface area contributed by atoms with Crippen LogP contribution in [0.5, 0.6) is 11.5 Å². The maximum absolute atomic E-state index is 12.1. The molecule has 25 heavy (non-hydrogen) atoms. The number of anilines is 1. The van der Waals surface area contributed by atoms with Crippen LogP contribution in [0.4, 0.5) is 5.69 Å². The van der Waals surface area contributed by atoms with E-state index in [1.165, 1.54) is 5.56 Å². The Morgan fingerprint density at radius 1 is 1.08 bits per heavy atom. The summed E-state index contributed by atoms with van der Waals surface area (Å²) in [7, 11) is 0. The summed E-state index contributed by atoms with van der Waals surface area (Å²) >= 11 is 3.49. The highest BCUT2D eigenvalue weighted by atomic mass is 79.9. The van der Waals surface area contributed by atoms with E-state index in [0.717, 1.165) is 10.2 Å². The highest BCUT2D eigenvalue weighted by Crippen LogP contribution is 2.28. The Balaban J connectivity index is 1.88. The molecule has 0 atom stereocenters. The highest BCUT2D eigenvalue weighted by Gasteiger charge is 2.08. The smallest absolute Gasteiger partial charge is 0.262 e. The predicted octanol–water partition coefficient (Wildman–Crippen LogP) is 5.38. The lowest BCUT2D eigenvalue weighted by atomic mass is 10.0. The predicted molar refractivity (Wildman–Crippen MR) is 105 cm³/mol. The van der Waals surface area contributed by atoms with E-state index in [2.05, 4.69) is 35.1 Å². The van der Waals surface area contributed by atoms with E-state index in [1.54, 1.807) is 0 Å². The molecule has 0 fully saturated rings. The van der Waals surface area contributed by atoms with Gasteiger partial charge in [0, 0.05) is 5.69 Å². The van der Waals surface area contributed by atoms with E-state index in [0.29, 0.717) is 17.4 Å². The molecular weight excluding hydrogens is 382 g/mol.